The molecule has 3 rings (SSSR count). The maximum Gasteiger partial charge on any atom is 0.337 e. The van der Waals surface area contributed by atoms with Crippen LogP contribution in [0.15, 0.2) is 30.3 Å². The summed E-state index contributed by atoms with van der Waals surface area (Å²) < 4.78 is 0. The van der Waals surface area contributed by atoms with Gasteiger partial charge < -0.3 is 10.4 Å². The molecular formula is C17H19N3O3. The summed E-state index contributed by atoms with van der Waals surface area (Å²) in [5, 5.41) is 16.3. The Kier molecular flexibility index (Phi) is 3.56. The summed E-state index contributed by atoms with van der Waals surface area (Å²) in [6.45, 7) is 5.70. The fourth-order valence-electron chi connectivity index (χ4n) is 2.77. The molecule has 6 heteroatoms. The number of carboxylic acids is 1. The van der Waals surface area contributed by atoms with E-state index in [2.05, 4.69) is 15.6 Å². The smallest absolute Gasteiger partial charge is 0.337 e. The molecule has 1 saturated heterocycles. The number of carbonyl (C=O) groups excluding carboxylic acids is 1. The summed E-state index contributed by atoms with van der Waals surface area (Å²) in [6, 6.07) is 8.92. The predicted molar refractivity (Wildman–Crippen MR) is 86.0 cm³/mol. The number of amides is 1. The zero-order chi connectivity index (χ0) is 16.8. The van der Waals surface area contributed by atoms with Crippen LogP contribution >= 0.6 is 0 Å². The number of carbonyl (C=O) groups is 2. The molecule has 0 spiro atoms. The lowest BCUT2D eigenvalue weighted by atomic mass is 9.89. The molecule has 6 nitrogen and oxygen atoms in total. The number of fused-ring (bicyclic) bond motifs is 1. The summed E-state index contributed by atoms with van der Waals surface area (Å²) in [6.07, 6.45) is -0.620. The molecule has 23 heavy (non-hydrogen) atoms. The highest BCUT2D eigenvalue weighted by molar-refractivity contribution is 5.95. The van der Waals surface area contributed by atoms with E-state index in [1.54, 1.807) is 6.07 Å². The third-order valence-electron chi connectivity index (χ3n) is 4.60. The number of rotatable bonds is 3. The topological polar surface area (TPSA) is 91.3 Å². The van der Waals surface area contributed by atoms with E-state index >= 15 is 0 Å². The van der Waals surface area contributed by atoms with Gasteiger partial charge in [0.2, 0.25) is 5.91 Å². The van der Waals surface area contributed by atoms with Crippen LogP contribution in [0.25, 0.3) is 10.9 Å². The van der Waals surface area contributed by atoms with Crippen LogP contribution in [-0.4, -0.2) is 27.5 Å². The first kappa shape index (κ1) is 15.4. The molecule has 2 heterocycles. The molecule has 1 aliphatic heterocycles. The van der Waals surface area contributed by atoms with Crippen molar-refractivity contribution in [2.45, 2.75) is 32.5 Å². The molecule has 1 fully saturated rings. The van der Waals surface area contributed by atoms with Crippen LogP contribution < -0.4 is 10.6 Å². The third-order valence-corrected chi connectivity index (χ3v) is 4.60. The standard InChI is InChI=1S/C17H19N3O3/c1-9(2)17(3)16(23)19-14(20-17)13-11(15(21)22)8-10-6-4-5-7-12(10)18-13/h4-9,14,20H,1-3H3,(H,19,23)(H,21,22)/t14?,17-/m1/s1. The lowest BCUT2D eigenvalue weighted by Gasteiger charge is -2.26. The van der Waals surface area contributed by atoms with Gasteiger partial charge in [0.05, 0.1) is 22.3 Å². The lowest BCUT2D eigenvalue weighted by molar-refractivity contribution is -0.125. The number of aromatic carboxylic acids is 1. The molecule has 1 aliphatic rings. The van der Waals surface area contributed by atoms with E-state index in [1.165, 1.54) is 0 Å². The molecule has 3 N–H and O–H groups in total. The van der Waals surface area contributed by atoms with Crippen molar-refractivity contribution in [1.29, 1.82) is 0 Å². The number of nitrogens with one attached hydrogen (secondary N) is 2. The summed E-state index contributed by atoms with van der Waals surface area (Å²) in [4.78, 5) is 28.4. The Balaban J connectivity index is 2.11. The fraction of sp³-hybridized carbons (Fsp3) is 0.353. The third kappa shape index (κ3) is 2.45. The van der Waals surface area contributed by atoms with Crippen molar-refractivity contribution < 1.29 is 14.7 Å². The predicted octanol–water partition coefficient (Wildman–Crippen LogP) is 2.07. The van der Waals surface area contributed by atoms with Crippen molar-refractivity contribution in [2.75, 3.05) is 0 Å². The quantitative estimate of drug-likeness (QED) is 0.807. The largest absolute Gasteiger partial charge is 0.478 e. The zero-order valence-corrected chi connectivity index (χ0v) is 13.3. The van der Waals surface area contributed by atoms with Crippen LogP contribution in [0, 0.1) is 5.92 Å². The highest BCUT2D eigenvalue weighted by Crippen LogP contribution is 2.29. The van der Waals surface area contributed by atoms with Crippen molar-refractivity contribution in [3.05, 3.63) is 41.6 Å². The SMILES string of the molecule is CC(C)[C@@]1(C)NC(c2nc3ccccc3cc2C(=O)O)NC1=O. The number of benzene rings is 1. The Morgan fingerprint density at radius 2 is 2.04 bits per heavy atom. The van der Waals surface area contributed by atoms with Gasteiger partial charge in [0.15, 0.2) is 0 Å². The number of carboxylic acid groups (broad SMARTS) is 1. The maximum atomic E-state index is 12.3. The first-order valence-corrected chi connectivity index (χ1v) is 7.54. The van der Waals surface area contributed by atoms with Crippen LogP contribution in [0.2, 0.25) is 0 Å². The van der Waals surface area contributed by atoms with E-state index in [0.29, 0.717) is 11.2 Å². The molecule has 120 valence electrons. The second-order valence-electron chi connectivity index (χ2n) is 6.33. The van der Waals surface area contributed by atoms with E-state index in [-0.39, 0.29) is 17.4 Å². The highest BCUT2D eigenvalue weighted by Gasteiger charge is 2.46. The van der Waals surface area contributed by atoms with Crippen molar-refractivity contribution >= 4 is 22.8 Å². The van der Waals surface area contributed by atoms with Gasteiger partial charge in [-0.3, -0.25) is 10.1 Å². The van der Waals surface area contributed by atoms with E-state index in [0.717, 1.165) is 5.39 Å². The van der Waals surface area contributed by atoms with Crippen LogP contribution in [0.1, 0.15) is 43.0 Å². The second kappa shape index (κ2) is 5.31. The Labute approximate surface area is 133 Å². The van der Waals surface area contributed by atoms with Crippen LogP contribution in [0.5, 0.6) is 0 Å². The van der Waals surface area contributed by atoms with Crippen LogP contribution in [0.4, 0.5) is 0 Å². The summed E-state index contributed by atoms with van der Waals surface area (Å²) >= 11 is 0. The minimum Gasteiger partial charge on any atom is -0.478 e. The molecule has 2 atom stereocenters. The number of para-hydroxylation sites is 1. The van der Waals surface area contributed by atoms with Crippen molar-refractivity contribution in [2.24, 2.45) is 5.92 Å². The van der Waals surface area contributed by atoms with Crippen molar-refractivity contribution in [1.82, 2.24) is 15.6 Å². The first-order chi connectivity index (χ1) is 10.8. The Hall–Kier alpha value is -2.47. The van der Waals surface area contributed by atoms with Gasteiger partial charge in [-0.05, 0) is 25.0 Å². The number of hydrogen-bond donors (Lipinski definition) is 3. The molecule has 0 aliphatic carbocycles. The Bertz CT molecular complexity index is 803. The second-order valence-corrected chi connectivity index (χ2v) is 6.33. The highest BCUT2D eigenvalue weighted by atomic mass is 16.4. The summed E-state index contributed by atoms with van der Waals surface area (Å²) in [5.74, 6) is -1.16. The molecule has 0 radical (unpaired) electrons. The minimum absolute atomic E-state index is 0.0567. The van der Waals surface area contributed by atoms with Gasteiger partial charge in [-0.1, -0.05) is 32.0 Å². The van der Waals surface area contributed by atoms with E-state index in [9.17, 15) is 14.7 Å². The van der Waals surface area contributed by atoms with Crippen LogP contribution in [0.3, 0.4) is 0 Å². The normalized spacial score (nSPS) is 24.2. The Morgan fingerprint density at radius 1 is 1.35 bits per heavy atom. The molecule has 0 saturated carbocycles. The lowest BCUT2D eigenvalue weighted by Crippen LogP contribution is -2.48. The van der Waals surface area contributed by atoms with Gasteiger partial charge >= 0.3 is 5.97 Å². The van der Waals surface area contributed by atoms with Gasteiger partial charge in [-0.15, -0.1) is 0 Å². The number of hydrogen-bond acceptors (Lipinski definition) is 4. The maximum absolute atomic E-state index is 12.3. The average Bonchev–Trinajstić information content (AvgIpc) is 2.82. The summed E-state index contributed by atoms with van der Waals surface area (Å²) in [7, 11) is 0. The van der Waals surface area contributed by atoms with E-state index in [4.69, 9.17) is 0 Å². The van der Waals surface area contributed by atoms with Gasteiger partial charge in [-0.25, -0.2) is 9.78 Å². The summed E-state index contributed by atoms with van der Waals surface area (Å²) in [5.41, 5.74) is 0.360. The minimum atomic E-state index is -1.06. The Morgan fingerprint density at radius 3 is 2.65 bits per heavy atom. The van der Waals surface area contributed by atoms with Crippen molar-refractivity contribution in [3.63, 3.8) is 0 Å². The molecule has 1 aromatic carbocycles. The van der Waals surface area contributed by atoms with Gasteiger partial charge in [-0.2, -0.15) is 0 Å². The number of aromatic nitrogens is 1. The zero-order valence-electron chi connectivity index (χ0n) is 13.3. The van der Waals surface area contributed by atoms with E-state index in [1.807, 2.05) is 45.0 Å². The average molecular weight is 313 g/mol. The molecule has 1 amide bonds. The molecular weight excluding hydrogens is 294 g/mol. The fourth-order valence-corrected chi connectivity index (χ4v) is 2.77. The molecule has 0 bridgehead atoms. The van der Waals surface area contributed by atoms with Crippen molar-refractivity contribution in [3.8, 4) is 0 Å². The van der Waals surface area contributed by atoms with E-state index < -0.39 is 17.7 Å². The van der Waals surface area contributed by atoms with Gasteiger partial charge in [0.25, 0.3) is 0 Å². The first-order valence-electron chi connectivity index (χ1n) is 7.54. The molecule has 1 aromatic heterocycles. The number of nitrogens with zero attached hydrogens (tertiary/aromatic N) is 1. The molecule has 1 unspecified atom stereocenters. The van der Waals surface area contributed by atoms with Gasteiger partial charge in [0.1, 0.15) is 6.17 Å². The molecule has 2 aromatic rings. The van der Waals surface area contributed by atoms with Gasteiger partial charge in [0, 0.05) is 5.39 Å². The van der Waals surface area contributed by atoms with Crippen LogP contribution in [-0.2, 0) is 4.79 Å². The monoisotopic (exact) mass is 313 g/mol. The number of pyridine rings is 1.